The van der Waals surface area contributed by atoms with Crippen molar-refractivity contribution in [2.45, 2.75) is 25.1 Å². The highest BCUT2D eigenvalue weighted by atomic mass is 32.2. The zero-order valence-electron chi connectivity index (χ0n) is 14.4. The molecule has 3 aromatic rings. The van der Waals surface area contributed by atoms with E-state index in [1.54, 1.807) is 10.9 Å². The van der Waals surface area contributed by atoms with Gasteiger partial charge in [-0.05, 0) is 19.4 Å². The second kappa shape index (κ2) is 6.53. The van der Waals surface area contributed by atoms with Gasteiger partial charge in [0.05, 0.1) is 28.5 Å². The molecule has 0 saturated heterocycles. The smallest absolute Gasteiger partial charge is 0.270 e. The van der Waals surface area contributed by atoms with Crippen LogP contribution in [-0.4, -0.2) is 31.6 Å². The Morgan fingerprint density at radius 2 is 2.00 bits per heavy atom. The Morgan fingerprint density at radius 1 is 1.23 bits per heavy atom. The lowest BCUT2D eigenvalue weighted by atomic mass is 10.0. The Morgan fingerprint density at radius 3 is 2.73 bits per heavy atom. The van der Waals surface area contributed by atoms with Crippen molar-refractivity contribution in [3.05, 3.63) is 58.0 Å². The van der Waals surface area contributed by atoms with E-state index < -0.39 is 0 Å². The molecule has 0 saturated carbocycles. The fourth-order valence-electron chi connectivity index (χ4n) is 3.21. The maximum absolute atomic E-state index is 12.7. The minimum absolute atomic E-state index is 0.0217. The molecule has 7 nitrogen and oxygen atoms in total. The van der Waals surface area contributed by atoms with Gasteiger partial charge in [-0.25, -0.2) is 0 Å². The number of benzene rings is 1. The van der Waals surface area contributed by atoms with Crippen molar-refractivity contribution in [3.8, 4) is 11.3 Å². The summed E-state index contributed by atoms with van der Waals surface area (Å²) in [5.74, 6) is 0.707. The first kappa shape index (κ1) is 16.7. The highest BCUT2D eigenvalue weighted by Gasteiger charge is 2.33. The molecule has 0 fully saturated rings. The molecular weight excluding hydrogens is 350 g/mol. The molecule has 8 heteroatoms. The number of hydrogen-bond acceptors (Lipinski definition) is 4. The highest BCUT2D eigenvalue weighted by molar-refractivity contribution is 8.00. The number of nitrogens with one attached hydrogen (secondary N) is 3. The molecule has 1 atom stereocenters. The first-order chi connectivity index (χ1) is 12.6. The van der Waals surface area contributed by atoms with E-state index in [1.807, 2.05) is 44.2 Å². The number of hydrogen-bond donors (Lipinski definition) is 3. The molecule has 4 rings (SSSR count). The third kappa shape index (κ3) is 2.76. The maximum Gasteiger partial charge on any atom is 0.270 e. The van der Waals surface area contributed by atoms with Gasteiger partial charge >= 0.3 is 0 Å². The summed E-state index contributed by atoms with van der Waals surface area (Å²) in [5.41, 5.74) is 3.12. The number of aromatic amines is 2. The second-order valence-corrected chi connectivity index (χ2v) is 7.57. The molecule has 0 aliphatic carbocycles. The van der Waals surface area contributed by atoms with E-state index in [-0.39, 0.29) is 28.5 Å². The van der Waals surface area contributed by atoms with Crippen LogP contribution in [0.4, 0.5) is 5.82 Å². The van der Waals surface area contributed by atoms with Gasteiger partial charge in [-0.15, -0.1) is 11.8 Å². The third-order valence-corrected chi connectivity index (χ3v) is 5.65. The second-order valence-electron chi connectivity index (χ2n) is 6.47. The number of nitrogens with zero attached hydrogens (tertiary/aromatic N) is 2. The molecule has 0 bridgehead atoms. The third-order valence-electron chi connectivity index (χ3n) is 4.39. The Bertz CT molecular complexity index is 1000. The van der Waals surface area contributed by atoms with Crippen LogP contribution < -0.4 is 10.9 Å². The molecule has 1 aliphatic rings. The molecule has 0 radical (unpaired) electrons. The van der Waals surface area contributed by atoms with Gasteiger partial charge in [-0.3, -0.25) is 24.5 Å². The van der Waals surface area contributed by atoms with Gasteiger partial charge in [0.2, 0.25) is 5.91 Å². The molecular formula is C18H19N5O2S. The number of H-pyrrole nitrogens is 2. The lowest BCUT2D eigenvalue weighted by Crippen LogP contribution is -2.17. The van der Waals surface area contributed by atoms with E-state index in [0.29, 0.717) is 11.4 Å². The summed E-state index contributed by atoms with van der Waals surface area (Å²) in [5, 5.41) is 12.7. The van der Waals surface area contributed by atoms with Gasteiger partial charge < -0.3 is 5.32 Å². The Hall–Kier alpha value is -2.74. The molecule has 0 unspecified atom stereocenters. The van der Waals surface area contributed by atoms with Crippen LogP contribution >= 0.6 is 11.8 Å². The van der Waals surface area contributed by atoms with E-state index >= 15 is 0 Å². The van der Waals surface area contributed by atoms with E-state index in [0.717, 1.165) is 16.8 Å². The van der Waals surface area contributed by atoms with E-state index in [2.05, 4.69) is 20.6 Å². The van der Waals surface area contributed by atoms with Crippen LogP contribution in [0.1, 0.15) is 36.3 Å². The quantitative estimate of drug-likeness (QED) is 0.661. The number of amides is 1. The van der Waals surface area contributed by atoms with Crippen LogP contribution in [-0.2, 0) is 4.79 Å². The van der Waals surface area contributed by atoms with Gasteiger partial charge in [0.15, 0.2) is 0 Å². The summed E-state index contributed by atoms with van der Waals surface area (Å²) in [7, 11) is 0. The van der Waals surface area contributed by atoms with Gasteiger partial charge in [0, 0.05) is 11.6 Å². The van der Waals surface area contributed by atoms with Crippen LogP contribution in [0.5, 0.6) is 0 Å². The van der Waals surface area contributed by atoms with Crippen molar-refractivity contribution in [2.24, 2.45) is 0 Å². The zero-order chi connectivity index (χ0) is 18.3. The predicted molar refractivity (Wildman–Crippen MR) is 102 cm³/mol. The standard InChI is InChI=1S/C18H19N5O2S/c1-10(2)23-17-14(18(25)22-23)16(26-9-13(24)20-17)12-8-19-21-15(12)11-6-4-3-5-7-11/h3-8,10,16H,9H2,1-2H3,(H,19,21)(H,20,24)(H,22,25)/t16-/m1/s1. The number of carbonyl (C=O) groups excluding carboxylic acids is 1. The number of anilines is 1. The fourth-order valence-corrected chi connectivity index (χ4v) is 4.34. The Labute approximate surface area is 154 Å². The van der Waals surface area contributed by atoms with Crippen LogP contribution in [0.2, 0.25) is 0 Å². The van der Waals surface area contributed by atoms with Crippen LogP contribution in [0.15, 0.2) is 41.3 Å². The van der Waals surface area contributed by atoms with Gasteiger partial charge in [-0.1, -0.05) is 30.3 Å². The summed E-state index contributed by atoms with van der Waals surface area (Å²) < 4.78 is 1.72. The van der Waals surface area contributed by atoms with Gasteiger partial charge in [0.1, 0.15) is 5.82 Å². The summed E-state index contributed by atoms with van der Waals surface area (Å²) in [4.78, 5) is 24.9. The number of rotatable bonds is 3. The molecule has 2 aromatic heterocycles. The molecule has 134 valence electrons. The van der Waals surface area contributed by atoms with Gasteiger partial charge in [-0.2, -0.15) is 5.10 Å². The molecule has 3 N–H and O–H groups in total. The largest absolute Gasteiger partial charge is 0.310 e. The summed E-state index contributed by atoms with van der Waals surface area (Å²) in [6, 6.07) is 9.87. The van der Waals surface area contributed by atoms with Crippen molar-refractivity contribution >= 4 is 23.5 Å². The molecule has 1 aliphatic heterocycles. The average Bonchev–Trinajstić information content (AvgIpc) is 3.18. The Kier molecular flexibility index (Phi) is 4.20. The Balaban J connectivity index is 1.89. The van der Waals surface area contributed by atoms with Crippen molar-refractivity contribution in [1.29, 1.82) is 0 Å². The van der Waals surface area contributed by atoms with E-state index in [4.69, 9.17) is 0 Å². The number of aromatic nitrogens is 4. The van der Waals surface area contributed by atoms with Crippen LogP contribution in [0, 0.1) is 0 Å². The predicted octanol–water partition coefficient (Wildman–Crippen LogP) is 2.92. The summed E-state index contributed by atoms with van der Waals surface area (Å²) >= 11 is 1.44. The summed E-state index contributed by atoms with van der Waals surface area (Å²) in [6.45, 7) is 3.92. The topological polar surface area (TPSA) is 95.6 Å². The zero-order valence-corrected chi connectivity index (χ0v) is 15.3. The number of fused-ring (bicyclic) bond motifs is 1. The summed E-state index contributed by atoms with van der Waals surface area (Å²) in [6.07, 6.45) is 1.74. The lowest BCUT2D eigenvalue weighted by molar-refractivity contribution is -0.113. The van der Waals surface area contributed by atoms with Crippen molar-refractivity contribution < 1.29 is 4.79 Å². The minimum atomic E-state index is -0.290. The molecule has 1 aromatic carbocycles. The van der Waals surface area contributed by atoms with E-state index in [1.165, 1.54) is 11.8 Å². The van der Waals surface area contributed by atoms with Crippen molar-refractivity contribution in [3.63, 3.8) is 0 Å². The SMILES string of the molecule is CC(C)n1[nH]c(=O)c2c1NC(=O)CS[C@@H]2c1cn[nH]c1-c1ccccc1. The molecule has 26 heavy (non-hydrogen) atoms. The molecule has 1 amide bonds. The normalized spacial score (nSPS) is 17.0. The minimum Gasteiger partial charge on any atom is -0.310 e. The highest BCUT2D eigenvalue weighted by Crippen LogP contribution is 2.43. The lowest BCUT2D eigenvalue weighted by Gasteiger charge is -2.15. The first-order valence-electron chi connectivity index (χ1n) is 8.40. The van der Waals surface area contributed by atoms with Crippen molar-refractivity contribution in [1.82, 2.24) is 20.0 Å². The number of carbonyl (C=O) groups is 1. The fraction of sp³-hybridized carbons (Fsp3) is 0.278. The first-order valence-corrected chi connectivity index (χ1v) is 9.45. The van der Waals surface area contributed by atoms with Crippen LogP contribution in [0.3, 0.4) is 0 Å². The van der Waals surface area contributed by atoms with Crippen LogP contribution in [0.25, 0.3) is 11.3 Å². The monoisotopic (exact) mass is 369 g/mol. The molecule has 0 spiro atoms. The van der Waals surface area contributed by atoms with Gasteiger partial charge in [0.25, 0.3) is 5.56 Å². The average molecular weight is 369 g/mol. The maximum atomic E-state index is 12.7. The van der Waals surface area contributed by atoms with E-state index in [9.17, 15) is 9.59 Å². The number of thioether (sulfide) groups is 1. The molecule has 3 heterocycles. The van der Waals surface area contributed by atoms with Crippen molar-refractivity contribution in [2.75, 3.05) is 11.1 Å².